The monoisotopic (exact) mass is 331 g/mol. The topological polar surface area (TPSA) is 58.6 Å². The van der Waals surface area contributed by atoms with Gasteiger partial charge in [0.25, 0.3) is 5.91 Å². The Morgan fingerprint density at radius 3 is 2.87 bits per heavy atom. The van der Waals surface area contributed by atoms with E-state index in [1.807, 2.05) is 24.3 Å². The summed E-state index contributed by atoms with van der Waals surface area (Å²) in [6, 6.07) is 14.2. The fourth-order valence-corrected chi connectivity index (χ4v) is 3.00. The van der Waals surface area contributed by atoms with E-state index in [2.05, 4.69) is 5.32 Å². The second-order valence-electron chi connectivity index (χ2n) is 5.67. The van der Waals surface area contributed by atoms with Crippen molar-refractivity contribution < 1.29 is 14.6 Å². The van der Waals surface area contributed by atoms with Crippen LogP contribution in [0.3, 0.4) is 0 Å². The quantitative estimate of drug-likeness (QED) is 0.905. The molecule has 0 saturated heterocycles. The molecule has 1 aliphatic carbocycles. The van der Waals surface area contributed by atoms with E-state index in [4.69, 9.17) is 16.3 Å². The number of carbonyl (C=O) groups excluding carboxylic acids is 1. The molecule has 3 unspecified atom stereocenters. The van der Waals surface area contributed by atoms with Gasteiger partial charge in [-0.3, -0.25) is 4.79 Å². The highest BCUT2D eigenvalue weighted by Gasteiger charge is 2.33. The zero-order valence-corrected chi connectivity index (χ0v) is 13.5. The summed E-state index contributed by atoms with van der Waals surface area (Å²) in [5, 5.41) is 13.6. The van der Waals surface area contributed by atoms with Gasteiger partial charge >= 0.3 is 0 Å². The molecule has 0 saturated carbocycles. The lowest BCUT2D eigenvalue weighted by atomic mass is 10.1. The first kappa shape index (κ1) is 15.8. The Hall–Kier alpha value is -2.04. The predicted molar refractivity (Wildman–Crippen MR) is 88.6 cm³/mol. The lowest BCUT2D eigenvalue weighted by molar-refractivity contribution is -0.128. The van der Waals surface area contributed by atoms with Crippen LogP contribution in [0, 0.1) is 0 Å². The number of halogens is 1. The van der Waals surface area contributed by atoms with Crippen LogP contribution in [0.1, 0.15) is 24.1 Å². The molecular formula is C18H18ClNO3. The van der Waals surface area contributed by atoms with Gasteiger partial charge in [0.05, 0.1) is 12.1 Å². The number of nitrogens with one attached hydrogen (secondary N) is 1. The van der Waals surface area contributed by atoms with Gasteiger partial charge in [-0.25, -0.2) is 0 Å². The van der Waals surface area contributed by atoms with Gasteiger partial charge in [0, 0.05) is 11.4 Å². The number of hydrogen-bond acceptors (Lipinski definition) is 3. The number of aliphatic hydroxyl groups is 1. The van der Waals surface area contributed by atoms with E-state index in [1.165, 1.54) is 0 Å². The van der Waals surface area contributed by atoms with Crippen LogP contribution in [0.25, 0.3) is 0 Å². The molecule has 23 heavy (non-hydrogen) atoms. The SMILES string of the molecule is CC(Oc1cccc(Cl)c1)C(=O)NC1c2ccccc2CC1O. The summed E-state index contributed by atoms with van der Waals surface area (Å²) >= 11 is 5.91. The number of rotatable bonds is 4. The second kappa shape index (κ2) is 6.60. The Morgan fingerprint density at radius 1 is 1.30 bits per heavy atom. The number of amides is 1. The number of fused-ring (bicyclic) bond motifs is 1. The van der Waals surface area contributed by atoms with Crippen LogP contribution in [0.2, 0.25) is 5.02 Å². The average Bonchev–Trinajstić information content (AvgIpc) is 2.83. The average molecular weight is 332 g/mol. The predicted octanol–water partition coefficient (Wildman–Crippen LogP) is 2.88. The molecule has 1 amide bonds. The van der Waals surface area contributed by atoms with E-state index in [9.17, 15) is 9.90 Å². The van der Waals surface area contributed by atoms with Gasteiger partial charge in [-0.2, -0.15) is 0 Å². The first-order chi connectivity index (χ1) is 11.0. The number of ether oxygens (including phenoxy) is 1. The van der Waals surface area contributed by atoms with Crippen LogP contribution in [0.5, 0.6) is 5.75 Å². The van der Waals surface area contributed by atoms with Gasteiger partial charge in [-0.15, -0.1) is 0 Å². The number of benzene rings is 2. The first-order valence-electron chi connectivity index (χ1n) is 7.53. The molecule has 120 valence electrons. The van der Waals surface area contributed by atoms with Crippen molar-refractivity contribution in [1.82, 2.24) is 5.32 Å². The molecule has 5 heteroatoms. The maximum Gasteiger partial charge on any atom is 0.261 e. The van der Waals surface area contributed by atoms with E-state index in [1.54, 1.807) is 31.2 Å². The Kier molecular flexibility index (Phi) is 4.55. The highest BCUT2D eigenvalue weighted by Crippen LogP contribution is 2.31. The highest BCUT2D eigenvalue weighted by atomic mass is 35.5. The van der Waals surface area contributed by atoms with Crippen molar-refractivity contribution in [2.45, 2.75) is 31.6 Å². The van der Waals surface area contributed by atoms with Crippen molar-refractivity contribution in [3.05, 3.63) is 64.7 Å². The van der Waals surface area contributed by atoms with Crippen molar-refractivity contribution >= 4 is 17.5 Å². The summed E-state index contributed by atoms with van der Waals surface area (Å²) in [5.74, 6) is 0.262. The molecule has 0 radical (unpaired) electrons. The number of aliphatic hydroxyl groups excluding tert-OH is 1. The normalized spacial score (nSPS) is 20.7. The van der Waals surface area contributed by atoms with Gasteiger partial charge in [0.1, 0.15) is 5.75 Å². The van der Waals surface area contributed by atoms with Crippen molar-refractivity contribution in [3.63, 3.8) is 0 Å². The van der Waals surface area contributed by atoms with Crippen LogP contribution >= 0.6 is 11.6 Å². The molecule has 0 aliphatic heterocycles. The van der Waals surface area contributed by atoms with Gasteiger partial charge in [-0.1, -0.05) is 41.9 Å². The third-order valence-corrected chi connectivity index (χ3v) is 4.22. The molecule has 2 N–H and O–H groups in total. The molecule has 3 atom stereocenters. The minimum absolute atomic E-state index is 0.272. The van der Waals surface area contributed by atoms with Gasteiger partial charge in [0.2, 0.25) is 0 Å². The number of carbonyl (C=O) groups is 1. The third kappa shape index (κ3) is 3.49. The van der Waals surface area contributed by atoms with E-state index in [0.29, 0.717) is 17.2 Å². The molecule has 2 aromatic rings. The largest absolute Gasteiger partial charge is 0.481 e. The van der Waals surface area contributed by atoms with E-state index in [-0.39, 0.29) is 5.91 Å². The maximum absolute atomic E-state index is 12.4. The van der Waals surface area contributed by atoms with E-state index < -0.39 is 18.2 Å². The fraction of sp³-hybridized carbons (Fsp3) is 0.278. The minimum Gasteiger partial charge on any atom is -0.481 e. The summed E-state index contributed by atoms with van der Waals surface area (Å²) < 4.78 is 5.61. The molecule has 3 rings (SSSR count). The molecule has 0 aromatic heterocycles. The van der Waals surface area contributed by atoms with Crippen molar-refractivity contribution in [3.8, 4) is 5.75 Å². The lowest BCUT2D eigenvalue weighted by Crippen LogP contribution is -2.41. The first-order valence-corrected chi connectivity index (χ1v) is 7.91. The lowest BCUT2D eigenvalue weighted by Gasteiger charge is -2.21. The minimum atomic E-state index is -0.687. The molecule has 0 bridgehead atoms. The summed E-state index contributed by atoms with van der Waals surface area (Å²) in [6.45, 7) is 1.67. The van der Waals surface area contributed by atoms with Crippen LogP contribution in [0.4, 0.5) is 0 Å². The Balaban J connectivity index is 1.67. The summed E-state index contributed by atoms with van der Waals surface area (Å²) in [6.07, 6.45) is -0.756. The smallest absolute Gasteiger partial charge is 0.261 e. The van der Waals surface area contributed by atoms with Crippen molar-refractivity contribution in [2.75, 3.05) is 0 Å². The van der Waals surface area contributed by atoms with Crippen LogP contribution in [0.15, 0.2) is 48.5 Å². The van der Waals surface area contributed by atoms with Crippen LogP contribution in [-0.4, -0.2) is 23.2 Å². The second-order valence-corrected chi connectivity index (χ2v) is 6.11. The third-order valence-electron chi connectivity index (χ3n) is 3.98. The van der Waals surface area contributed by atoms with Gasteiger partial charge in [0.15, 0.2) is 6.10 Å². The van der Waals surface area contributed by atoms with Gasteiger partial charge < -0.3 is 15.2 Å². The standard InChI is InChI=1S/C18H18ClNO3/c1-11(23-14-7-4-6-13(19)10-14)18(22)20-17-15-8-3-2-5-12(15)9-16(17)21/h2-8,10-11,16-17,21H,9H2,1H3,(H,20,22). The fourth-order valence-electron chi connectivity index (χ4n) is 2.82. The van der Waals surface area contributed by atoms with Crippen LogP contribution < -0.4 is 10.1 Å². The van der Waals surface area contributed by atoms with Crippen molar-refractivity contribution in [2.24, 2.45) is 0 Å². The molecule has 0 heterocycles. The van der Waals surface area contributed by atoms with Crippen LogP contribution in [-0.2, 0) is 11.2 Å². The Bertz CT molecular complexity index is 719. The Morgan fingerprint density at radius 2 is 2.09 bits per heavy atom. The highest BCUT2D eigenvalue weighted by molar-refractivity contribution is 6.30. The van der Waals surface area contributed by atoms with Gasteiger partial charge in [-0.05, 0) is 36.2 Å². The summed E-state index contributed by atoms with van der Waals surface area (Å²) in [4.78, 5) is 12.4. The molecule has 0 spiro atoms. The number of hydrogen-bond donors (Lipinski definition) is 2. The van der Waals surface area contributed by atoms with E-state index >= 15 is 0 Å². The molecule has 0 fully saturated rings. The Labute approximate surface area is 140 Å². The molecular weight excluding hydrogens is 314 g/mol. The summed E-state index contributed by atoms with van der Waals surface area (Å²) in [5.41, 5.74) is 2.03. The molecule has 4 nitrogen and oxygen atoms in total. The zero-order valence-electron chi connectivity index (χ0n) is 12.7. The maximum atomic E-state index is 12.4. The van der Waals surface area contributed by atoms with Crippen molar-refractivity contribution in [1.29, 1.82) is 0 Å². The molecule has 1 aliphatic rings. The summed E-state index contributed by atoms with van der Waals surface area (Å²) in [7, 11) is 0. The van der Waals surface area contributed by atoms with E-state index in [0.717, 1.165) is 11.1 Å². The molecule has 2 aromatic carbocycles. The zero-order chi connectivity index (χ0) is 16.4.